The molecule has 20 heavy (non-hydrogen) atoms. The molecule has 5 heteroatoms. The Hall–Kier alpha value is -1.78. The topological polar surface area (TPSA) is 55.7 Å². The van der Waals surface area contributed by atoms with Crippen LogP contribution in [0.25, 0.3) is 0 Å². The van der Waals surface area contributed by atoms with E-state index in [-0.39, 0.29) is 5.56 Å². The first-order valence-electron chi connectivity index (χ1n) is 6.81. The standard InChI is InChI=1S/C15H18FNO3/c1-20-14(18)15(9-5-2-6-10-15)13(17-19)11-7-3-4-8-12(11)16/h3-4,7-8,13H,2,5-6,9-10H2,1H3. The van der Waals surface area contributed by atoms with E-state index in [0.29, 0.717) is 12.8 Å². The maximum atomic E-state index is 14.0. The van der Waals surface area contributed by atoms with Gasteiger partial charge in [-0.3, -0.25) is 4.79 Å². The fraction of sp³-hybridized carbons (Fsp3) is 0.533. The van der Waals surface area contributed by atoms with Crippen LogP contribution in [-0.2, 0) is 9.53 Å². The smallest absolute Gasteiger partial charge is 0.314 e. The summed E-state index contributed by atoms with van der Waals surface area (Å²) in [6.45, 7) is 0. The van der Waals surface area contributed by atoms with Gasteiger partial charge in [-0.2, -0.15) is 4.91 Å². The number of benzene rings is 1. The Kier molecular flexibility index (Phi) is 4.47. The van der Waals surface area contributed by atoms with Crippen LogP contribution in [0.2, 0.25) is 0 Å². The highest BCUT2D eigenvalue weighted by Crippen LogP contribution is 2.49. The van der Waals surface area contributed by atoms with E-state index >= 15 is 0 Å². The van der Waals surface area contributed by atoms with Gasteiger partial charge < -0.3 is 4.74 Å². The first kappa shape index (κ1) is 14.6. The lowest BCUT2D eigenvalue weighted by molar-refractivity contribution is -0.156. The molecule has 0 saturated heterocycles. The van der Waals surface area contributed by atoms with E-state index < -0.39 is 23.2 Å². The van der Waals surface area contributed by atoms with Gasteiger partial charge in [0.05, 0.1) is 12.5 Å². The first-order chi connectivity index (χ1) is 9.65. The zero-order chi connectivity index (χ0) is 14.6. The van der Waals surface area contributed by atoms with E-state index in [1.165, 1.54) is 19.2 Å². The summed E-state index contributed by atoms with van der Waals surface area (Å²) in [6, 6.07) is 4.95. The number of carbonyl (C=O) groups is 1. The fourth-order valence-corrected chi connectivity index (χ4v) is 3.13. The number of methoxy groups -OCH3 is 1. The number of hydrogen-bond acceptors (Lipinski definition) is 4. The van der Waals surface area contributed by atoms with E-state index in [2.05, 4.69) is 5.18 Å². The minimum Gasteiger partial charge on any atom is -0.469 e. The molecule has 2 rings (SSSR count). The molecule has 0 aliphatic heterocycles. The van der Waals surface area contributed by atoms with Crippen LogP contribution >= 0.6 is 0 Å². The van der Waals surface area contributed by atoms with Crippen molar-refractivity contribution in [3.63, 3.8) is 0 Å². The van der Waals surface area contributed by atoms with Gasteiger partial charge in [-0.1, -0.05) is 42.6 Å². The zero-order valence-corrected chi connectivity index (χ0v) is 11.5. The van der Waals surface area contributed by atoms with E-state index in [9.17, 15) is 14.1 Å². The van der Waals surface area contributed by atoms with Gasteiger partial charge in [0.25, 0.3) is 0 Å². The number of carbonyl (C=O) groups excluding carboxylic acids is 1. The molecule has 4 nitrogen and oxygen atoms in total. The molecule has 0 heterocycles. The molecule has 1 unspecified atom stereocenters. The summed E-state index contributed by atoms with van der Waals surface area (Å²) >= 11 is 0. The molecule has 108 valence electrons. The summed E-state index contributed by atoms with van der Waals surface area (Å²) in [5, 5.41) is 3.09. The molecule has 1 aliphatic carbocycles. The van der Waals surface area contributed by atoms with Crippen molar-refractivity contribution in [2.75, 3.05) is 7.11 Å². The average molecular weight is 279 g/mol. The van der Waals surface area contributed by atoms with Gasteiger partial charge in [0.1, 0.15) is 11.9 Å². The van der Waals surface area contributed by atoms with Crippen molar-refractivity contribution in [3.05, 3.63) is 40.6 Å². The lowest BCUT2D eigenvalue weighted by Crippen LogP contribution is -2.39. The van der Waals surface area contributed by atoms with Crippen molar-refractivity contribution < 1.29 is 13.9 Å². The van der Waals surface area contributed by atoms with Gasteiger partial charge >= 0.3 is 5.97 Å². The number of nitrogens with zero attached hydrogens (tertiary/aromatic N) is 1. The molecular weight excluding hydrogens is 261 g/mol. The Morgan fingerprint density at radius 3 is 2.50 bits per heavy atom. The number of ether oxygens (including phenoxy) is 1. The van der Waals surface area contributed by atoms with E-state index in [1.54, 1.807) is 12.1 Å². The van der Waals surface area contributed by atoms with Crippen molar-refractivity contribution in [3.8, 4) is 0 Å². The highest BCUT2D eigenvalue weighted by molar-refractivity contribution is 5.78. The Balaban J connectivity index is 2.47. The third kappa shape index (κ3) is 2.44. The fourth-order valence-electron chi connectivity index (χ4n) is 3.13. The minimum atomic E-state index is -1.03. The van der Waals surface area contributed by atoms with Gasteiger partial charge in [0, 0.05) is 5.56 Å². The van der Waals surface area contributed by atoms with Crippen molar-refractivity contribution in [2.45, 2.75) is 38.1 Å². The Morgan fingerprint density at radius 2 is 1.95 bits per heavy atom. The maximum absolute atomic E-state index is 14.0. The number of rotatable bonds is 4. The largest absolute Gasteiger partial charge is 0.469 e. The van der Waals surface area contributed by atoms with Crippen LogP contribution < -0.4 is 0 Å². The molecular formula is C15H18FNO3. The molecule has 1 atom stereocenters. The monoisotopic (exact) mass is 279 g/mol. The van der Waals surface area contributed by atoms with Crippen molar-refractivity contribution in [1.82, 2.24) is 0 Å². The van der Waals surface area contributed by atoms with Crippen molar-refractivity contribution >= 4 is 5.97 Å². The van der Waals surface area contributed by atoms with Crippen LogP contribution in [0.4, 0.5) is 4.39 Å². The maximum Gasteiger partial charge on any atom is 0.314 e. The van der Waals surface area contributed by atoms with Crippen LogP contribution in [0.5, 0.6) is 0 Å². The highest BCUT2D eigenvalue weighted by Gasteiger charge is 2.49. The van der Waals surface area contributed by atoms with Crippen LogP contribution in [0.1, 0.15) is 43.7 Å². The third-order valence-corrected chi connectivity index (χ3v) is 4.17. The Bertz CT molecular complexity index is 498. The lowest BCUT2D eigenvalue weighted by atomic mass is 9.67. The summed E-state index contributed by atoms with van der Waals surface area (Å²) in [7, 11) is 1.29. The summed E-state index contributed by atoms with van der Waals surface area (Å²) in [4.78, 5) is 23.6. The van der Waals surface area contributed by atoms with Crippen molar-refractivity contribution in [1.29, 1.82) is 0 Å². The quantitative estimate of drug-likeness (QED) is 0.623. The Labute approximate surface area is 117 Å². The van der Waals surface area contributed by atoms with Gasteiger partial charge in [0.2, 0.25) is 0 Å². The highest BCUT2D eigenvalue weighted by atomic mass is 19.1. The zero-order valence-electron chi connectivity index (χ0n) is 11.5. The summed E-state index contributed by atoms with van der Waals surface area (Å²) in [5.74, 6) is -0.976. The SMILES string of the molecule is COC(=O)C1(C(N=O)c2ccccc2F)CCCCC1. The minimum absolute atomic E-state index is 0.176. The number of esters is 1. The molecule has 0 aromatic heterocycles. The van der Waals surface area contributed by atoms with E-state index in [0.717, 1.165) is 19.3 Å². The van der Waals surface area contributed by atoms with Gasteiger partial charge in [0.15, 0.2) is 0 Å². The molecule has 1 aliphatic rings. The molecule has 1 aromatic rings. The summed E-state index contributed by atoms with van der Waals surface area (Å²) < 4.78 is 18.8. The van der Waals surface area contributed by atoms with Gasteiger partial charge in [-0.15, -0.1) is 0 Å². The normalized spacial score (nSPS) is 19.1. The molecule has 0 amide bonds. The summed E-state index contributed by atoms with van der Waals surface area (Å²) in [5.41, 5.74) is -0.855. The molecule has 1 fully saturated rings. The second-order valence-corrected chi connectivity index (χ2v) is 5.24. The lowest BCUT2D eigenvalue weighted by Gasteiger charge is -2.37. The second kappa shape index (κ2) is 6.11. The summed E-state index contributed by atoms with van der Waals surface area (Å²) in [6.07, 6.45) is 3.64. The van der Waals surface area contributed by atoms with Gasteiger partial charge in [-0.25, -0.2) is 4.39 Å². The number of nitroso groups, excluding NO2 is 1. The van der Waals surface area contributed by atoms with Crippen LogP contribution in [0, 0.1) is 16.1 Å². The first-order valence-corrected chi connectivity index (χ1v) is 6.81. The molecule has 1 saturated carbocycles. The van der Waals surface area contributed by atoms with E-state index in [4.69, 9.17) is 4.74 Å². The molecule has 1 aromatic carbocycles. The number of hydrogen-bond donors (Lipinski definition) is 0. The number of halogens is 1. The second-order valence-electron chi connectivity index (χ2n) is 5.24. The van der Waals surface area contributed by atoms with Crippen LogP contribution in [-0.4, -0.2) is 13.1 Å². The molecule has 0 spiro atoms. The predicted octanol–water partition coefficient (Wildman–Crippen LogP) is 3.76. The predicted molar refractivity (Wildman–Crippen MR) is 72.5 cm³/mol. The third-order valence-electron chi connectivity index (χ3n) is 4.17. The van der Waals surface area contributed by atoms with Crippen LogP contribution in [0.15, 0.2) is 29.4 Å². The molecule has 0 N–H and O–H groups in total. The van der Waals surface area contributed by atoms with Crippen LogP contribution in [0.3, 0.4) is 0 Å². The molecule has 0 bridgehead atoms. The molecule has 0 radical (unpaired) electrons. The van der Waals surface area contributed by atoms with E-state index in [1.807, 2.05) is 0 Å². The Morgan fingerprint density at radius 1 is 1.30 bits per heavy atom. The average Bonchev–Trinajstić information content (AvgIpc) is 2.50. The van der Waals surface area contributed by atoms with Crippen molar-refractivity contribution in [2.24, 2.45) is 10.6 Å². The van der Waals surface area contributed by atoms with Gasteiger partial charge in [-0.05, 0) is 18.9 Å².